The van der Waals surface area contributed by atoms with Crippen LogP contribution in [0.3, 0.4) is 0 Å². The van der Waals surface area contributed by atoms with E-state index in [9.17, 15) is 0 Å². The molecule has 72 valence electrons. The van der Waals surface area contributed by atoms with E-state index in [-0.39, 0.29) is 0 Å². The quantitative estimate of drug-likeness (QED) is 0.358. The van der Waals surface area contributed by atoms with Gasteiger partial charge in [-0.3, -0.25) is 0 Å². The summed E-state index contributed by atoms with van der Waals surface area (Å²) < 4.78 is 0. The summed E-state index contributed by atoms with van der Waals surface area (Å²) in [5, 5.41) is 6.54. The molecule has 0 aliphatic heterocycles. The largest absolute Gasteiger partial charge is 0.329 e. The van der Waals surface area contributed by atoms with Crippen LogP contribution in [0.15, 0.2) is 12.2 Å². The van der Waals surface area contributed by atoms with Gasteiger partial charge in [0.05, 0.1) is 0 Å². The smallest absolute Gasteiger partial charge is 0.00772 e. The van der Waals surface area contributed by atoms with Gasteiger partial charge in [-0.25, -0.2) is 0 Å². The maximum absolute atomic E-state index is 5.32. The predicted octanol–water partition coefficient (Wildman–Crippen LogP) is 0.0905. The Bertz CT molecular complexity index is 102. The summed E-state index contributed by atoms with van der Waals surface area (Å²) in [5.41, 5.74) is 5.32. The first-order chi connectivity index (χ1) is 5.91. The minimum Gasteiger partial charge on any atom is -0.329 e. The highest BCUT2D eigenvalue weighted by Gasteiger charge is 1.84. The molecule has 0 heterocycles. The normalized spacial score (nSPS) is 11.2. The van der Waals surface area contributed by atoms with Crippen molar-refractivity contribution < 1.29 is 0 Å². The lowest BCUT2D eigenvalue weighted by molar-refractivity contribution is 0.618. The first-order valence-corrected chi connectivity index (χ1v) is 4.64. The Morgan fingerprint density at radius 2 is 1.75 bits per heavy atom. The number of nitrogens with one attached hydrogen (secondary N) is 2. The minimum absolute atomic E-state index is 0.721. The van der Waals surface area contributed by atoms with Gasteiger partial charge in [0.2, 0.25) is 0 Å². The van der Waals surface area contributed by atoms with Crippen molar-refractivity contribution in [3.63, 3.8) is 0 Å². The SMILES string of the molecule is C/C=C/CCNCCNCCN. The molecule has 0 aromatic carbocycles. The van der Waals surface area contributed by atoms with Crippen LogP contribution in [0.4, 0.5) is 0 Å². The molecule has 0 atom stereocenters. The molecule has 0 rings (SSSR count). The Hall–Kier alpha value is -0.380. The van der Waals surface area contributed by atoms with Crippen LogP contribution in [0, 0.1) is 0 Å². The van der Waals surface area contributed by atoms with Crippen molar-refractivity contribution in [2.75, 3.05) is 32.7 Å². The summed E-state index contributed by atoms with van der Waals surface area (Å²) in [5.74, 6) is 0. The van der Waals surface area contributed by atoms with Crippen molar-refractivity contribution in [1.82, 2.24) is 10.6 Å². The van der Waals surface area contributed by atoms with Gasteiger partial charge in [-0.15, -0.1) is 0 Å². The van der Waals surface area contributed by atoms with E-state index in [4.69, 9.17) is 5.73 Å². The molecule has 0 aliphatic carbocycles. The molecular weight excluding hydrogens is 150 g/mol. The van der Waals surface area contributed by atoms with Crippen molar-refractivity contribution in [3.05, 3.63) is 12.2 Å². The first kappa shape index (κ1) is 11.6. The molecule has 0 radical (unpaired) electrons. The van der Waals surface area contributed by atoms with Gasteiger partial charge in [0.25, 0.3) is 0 Å². The highest BCUT2D eigenvalue weighted by molar-refractivity contribution is 4.77. The summed E-state index contributed by atoms with van der Waals surface area (Å²) in [6.07, 6.45) is 5.36. The zero-order chi connectivity index (χ0) is 9.07. The van der Waals surface area contributed by atoms with Gasteiger partial charge in [0, 0.05) is 26.2 Å². The fourth-order valence-corrected chi connectivity index (χ4v) is 0.881. The second-order valence-corrected chi connectivity index (χ2v) is 2.65. The second-order valence-electron chi connectivity index (χ2n) is 2.65. The van der Waals surface area contributed by atoms with Crippen LogP contribution in [0.1, 0.15) is 13.3 Å². The van der Waals surface area contributed by atoms with Gasteiger partial charge in [-0.1, -0.05) is 12.2 Å². The molecule has 0 spiro atoms. The zero-order valence-corrected chi connectivity index (χ0v) is 7.97. The van der Waals surface area contributed by atoms with Crippen molar-refractivity contribution in [1.29, 1.82) is 0 Å². The third-order valence-corrected chi connectivity index (χ3v) is 1.52. The summed E-state index contributed by atoms with van der Waals surface area (Å²) in [7, 11) is 0. The molecule has 3 nitrogen and oxygen atoms in total. The average Bonchev–Trinajstić information content (AvgIpc) is 2.10. The van der Waals surface area contributed by atoms with Gasteiger partial charge in [0.15, 0.2) is 0 Å². The van der Waals surface area contributed by atoms with Crippen LogP contribution in [0.25, 0.3) is 0 Å². The Morgan fingerprint density at radius 1 is 1.08 bits per heavy atom. The van der Waals surface area contributed by atoms with Crippen LogP contribution < -0.4 is 16.4 Å². The molecule has 0 aromatic rings. The number of nitrogens with two attached hydrogens (primary N) is 1. The van der Waals surface area contributed by atoms with Gasteiger partial charge in [-0.2, -0.15) is 0 Å². The summed E-state index contributed by atoms with van der Waals surface area (Å²) in [6.45, 7) is 6.77. The Labute approximate surface area is 75.4 Å². The van der Waals surface area contributed by atoms with Crippen molar-refractivity contribution in [2.24, 2.45) is 5.73 Å². The highest BCUT2D eigenvalue weighted by atomic mass is 14.9. The third-order valence-electron chi connectivity index (χ3n) is 1.52. The average molecular weight is 171 g/mol. The molecule has 0 saturated heterocycles. The molecule has 0 aromatic heterocycles. The predicted molar refractivity (Wildman–Crippen MR) is 54.2 cm³/mol. The summed E-state index contributed by atoms with van der Waals surface area (Å²) >= 11 is 0. The molecule has 0 aliphatic rings. The first-order valence-electron chi connectivity index (χ1n) is 4.64. The molecule has 0 saturated carbocycles. The Morgan fingerprint density at radius 3 is 2.33 bits per heavy atom. The molecule has 3 heteroatoms. The minimum atomic E-state index is 0.721. The van der Waals surface area contributed by atoms with E-state index >= 15 is 0 Å². The van der Waals surface area contributed by atoms with Crippen LogP contribution in [0.2, 0.25) is 0 Å². The second kappa shape index (κ2) is 10.6. The standard InChI is InChI=1S/C9H21N3/c1-2-3-4-6-11-8-9-12-7-5-10/h2-3,11-12H,4-10H2,1H3/b3-2+. The molecular formula is C9H21N3. The molecule has 0 fully saturated rings. The maximum Gasteiger partial charge on any atom is 0.00772 e. The van der Waals surface area contributed by atoms with Crippen LogP contribution >= 0.6 is 0 Å². The number of rotatable bonds is 8. The third kappa shape index (κ3) is 9.62. The fraction of sp³-hybridized carbons (Fsp3) is 0.778. The Kier molecular flexibility index (Phi) is 10.3. The number of hydrogen-bond acceptors (Lipinski definition) is 3. The summed E-state index contributed by atoms with van der Waals surface area (Å²) in [4.78, 5) is 0. The molecule has 0 bridgehead atoms. The van der Waals surface area contributed by atoms with Crippen molar-refractivity contribution in [3.8, 4) is 0 Å². The number of allylic oxidation sites excluding steroid dienone is 1. The fourth-order valence-electron chi connectivity index (χ4n) is 0.881. The van der Waals surface area contributed by atoms with Gasteiger partial charge >= 0.3 is 0 Å². The molecule has 12 heavy (non-hydrogen) atoms. The van der Waals surface area contributed by atoms with Gasteiger partial charge < -0.3 is 16.4 Å². The molecule has 0 amide bonds. The monoisotopic (exact) mass is 171 g/mol. The Balaban J connectivity index is 2.81. The van der Waals surface area contributed by atoms with Crippen LogP contribution in [-0.2, 0) is 0 Å². The van der Waals surface area contributed by atoms with E-state index in [0.29, 0.717) is 0 Å². The lowest BCUT2D eigenvalue weighted by Gasteiger charge is -2.03. The lowest BCUT2D eigenvalue weighted by atomic mass is 10.4. The topological polar surface area (TPSA) is 50.1 Å². The van der Waals surface area contributed by atoms with Crippen LogP contribution in [0.5, 0.6) is 0 Å². The maximum atomic E-state index is 5.32. The van der Waals surface area contributed by atoms with Crippen molar-refractivity contribution in [2.45, 2.75) is 13.3 Å². The van der Waals surface area contributed by atoms with E-state index in [2.05, 4.69) is 22.8 Å². The van der Waals surface area contributed by atoms with Crippen LogP contribution in [-0.4, -0.2) is 32.7 Å². The van der Waals surface area contributed by atoms with E-state index < -0.39 is 0 Å². The highest BCUT2D eigenvalue weighted by Crippen LogP contribution is 1.77. The summed E-state index contributed by atoms with van der Waals surface area (Å²) in [6, 6.07) is 0. The van der Waals surface area contributed by atoms with E-state index in [1.54, 1.807) is 0 Å². The van der Waals surface area contributed by atoms with Crippen molar-refractivity contribution >= 4 is 0 Å². The van der Waals surface area contributed by atoms with Gasteiger partial charge in [0.1, 0.15) is 0 Å². The number of hydrogen-bond donors (Lipinski definition) is 3. The lowest BCUT2D eigenvalue weighted by Crippen LogP contribution is -2.30. The van der Waals surface area contributed by atoms with E-state index in [1.165, 1.54) is 0 Å². The van der Waals surface area contributed by atoms with E-state index in [0.717, 1.165) is 39.1 Å². The molecule has 0 unspecified atom stereocenters. The van der Waals surface area contributed by atoms with E-state index in [1.807, 2.05) is 6.92 Å². The zero-order valence-electron chi connectivity index (χ0n) is 7.97. The molecule has 4 N–H and O–H groups in total. The van der Waals surface area contributed by atoms with Gasteiger partial charge in [-0.05, 0) is 19.9 Å².